The van der Waals surface area contributed by atoms with E-state index in [1.54, 1.807) is 0 Å². The number of piperidine rings is 1. The van der Waals surface area contributed by atoms with Crippen LogP contribution < -0.4 is 10.7 Å². The van der Waals surface area contributed by atoms with E-state index >= 15 is 0 Å². The Kier molecular flexibility index (Phi) is 1.64. The Morgan fingerprint density at radius 3 is 3.10 bits per heavy atom. The predicted molar refractivity (Wildman–Crippen MR) is 40.1 cm³/mol. The van der Waals surface area contributed by atoms with Crippen molar-refractivity contribution >= 4 is 0 Å². The molecule has 3 heteroatoms. The lowest BCUT2D eigenvalue weighted by Crippen LogP contribution is -2.43. The van der Waals surface area contributed by atoms with Crippen LogP contribution in [0.25, 0.3) is 0 Å². The van der Waals surface area contributed by atoms with Crippen LogP contribution in [0.5, 0.6) is 0 Å². The number of hydrogen-bond donors (Lipinski definition) is 2. The highest BCUT2D eigenvalue weighted by Crippen LogP contribution is 2.16. The van der Waals surface area contributed by atoms with E-state index in [4.69, 9.17) is 0 Å². The molecular weight excluding hydrogens is 126 g/mol. The smallest absolute Gasteiger partial charge is 0.0745 e. The van der Waals surface area contributed by atoms with Crippen LogP contribution in [0, 0.1) is 0 Å². The van der Waals surface area contributed by atoms with Crippen molar-refractivity contribution in [2.75, 3.05) is 6.54 Å². The van der Waals surface area contributed by atoms with Gasteiger partial charge in [0.05, 0.1) is 12.3 Å². The highest BCUT2D eigenvalue weighted by molar-refractivity contribution is 4.80. The van der Waals surface area contributed by atoms with E-state index in [0.717, 1.165) is 0 Å². The van der Waals surface area contributed by atoms with Crippen molar-refractivity contribution in [3.8, 4) is 0 Å². The van der Waals surface area contributed by atoms with Crippen molar-refractivity contribution < 1.29 is 0 Å². The highest BCUT2D eigenvalue weighted by atomic mass is 15.6. The molecule has 2 aliphatic heterocycles. The number of rotatable bonds is 0. The Bertz CT molecular complexity index is 112. The van der Waals surface area contributed by atoms with Crippen molar-refractivity contribution in [2.45, 2.75) is 38.5 Å². The molecule has 2 saturated heterocycles. The summed E-state index contributed by atoms with van der Waals surface area (Å²) in [5.41, 5.74) is 3.38. The molecule has 58 valence electrons. The SMILES string of the molecule is C[C@@H]1NC2CCCCN2N1. The summed E-state index contributed by atoms with van der Waals surface area (Å²) in [5, 5.41) is 5.80. The lowest BCUT2D eigenvalue weighted by atomic mass is 10.1. The minimum atomic E-state index is 0.475. The van der Waals surface area contributed by atoms with Crippen LogP contribution >= 0.6 is 0 Å². The monoisotopic (exact) mass is 141 g/mol. The van der Waals surface area contributed by atoms with Gasteiger partial charge < -0.3 is 0 Å². The van der Waals surface area contributed by atoms with Gasteiger partial charge in [-0.2, -0.15) is 0 Å². The molecule has 0 aromatic carbocycles. The predicted octanol–water partition coefficient (Wildman–Crippen LogP) is 0.252. The summed E-state index contributed by atoms with van der Waals surface area (Å²) < 4.78 is 0. The zero-order valence-electron chi connectivity index (χ0n) is 6.43. The summed E-state index contributed by atoms with van der Waals surface area (Å²) >= 11 is 0. The van der Waals surface area contributed by atoms with E-state index in [1.165, 1.54) is 25.8 Å². The Balaban J connectivity index is 1.97. The zero-order valence-corrected chi connectivity index (χ0v) is 6.43. The lowest BCUT2D eigenvalue weighted by molar-refractivity contribution is 0.133. The minimum absolute atomic E-state index is 0.475. The average Bonchev–Trinajstić information content (AvgIpc) is 2.27. The summed E-state index contributed by atoms with van der Waals surface area (Å²) in [6, 6.07) is 0. The third kappa shape index (κ3) is 1.05. The van der Waals surface area contributed by atoms with Crippen molar-refractivity contribution in [2.24, 2.45) is 0 Å². The van der Waals surface area contributed by atoms with Crippen LogP contribution in [-0.4, -0.2) is 23.9 Å². The molecule has 2 N–H and O–H groups in total. The summed E-state index contributed by atoms with van der Waals surface area (Å²) in [6.07, 6.45) is 5.12. The van der Waals surface area contributed by atoms with E-state index in [1.807, 2.05) is 0 Å². The molecule has 0 spiro atoms. The molecule has 2 heterocycles. The third-order valence-electron chi connectivity index (χ3n) is 2.30. The van der Waals surface area contributed by atoms with Gasteiger partial charge in [-0.25, -0.2) is 10.4 Å². The molecule has 0 aliphatic carbocycles. The quantitative estimate of drug-likeness (QED) is 0.506. The van der Waals surface area contributed by atoms with Gasteiger partial charge in [0, 0.05) is 6.54 Å². The molecule has 2 atom stereocenters. The molecule has 2 rings (SSSR count). The number of hydrogen-bond acceptors (Lipinski definition) is 3. The fourth-order valence-corrected chi connectivity index (χ4v) is 1.83. The second-order valence-electron chi connectivity index (χ2n) is 3.22. The van der Waals surface area contributed by atoms with Crippen LogP contribution in [0.15, 0.2) is 0 Å². The maximum absolute atomic E-state index is 3.47. The van der Waals surface area contributed by atoms with Gasteiger partial charge in [-0.15, -0.1) is 0 Å². The van der Waals surface area contributed by atoms with Crippen molar-refractivity contribution in [1.29, 1.82) is 0 Å². The van der Waals surface area contributed by atoms with Crippen LogP contribution in [0.4, 0.5) is 0 Å². The second kappa shape index (κ2) is 2.49. The Labute approximate surface area is 61.7 Å². The van der Waals surface area contributed by atoms with Crippen LogP contribution in [0.1, 0.15) is 26.2 Å². The van der Waals surface area contributed by atoms with Crippen molar-refractivity contribution in [1.82, 2.24) is 15.8 Å². The van der Waals surface area contributed by atoms with Gasteiger partial charge in [-0.05, 0) is 26.2 Å². The maximum Gasteiger partial charge on any atom is 0.0745 e. The molecule has 10 heavy (non-hydrogen) atoms. The standard InChI is InChI=1S/C7H15N3/c1-6-8-7-4-2-3-5-10(7)9-6/h6-9H,2-5H2,1H3/t6-,7?/m1/s1. The normalized spacial score (nSPS) is 41.7. The van der Waals surface area contributed by atoms with Gasteiger partial charge in [0.1, 0.15) is 0 Å². The molecule has 0 aromatic heterocycles. The Hall–Kier alpha value is -0.120. The first-order valence-electron chi connectivity index (χ1n) is 4.15. The maximum atomic E-state index is 3.47. The van der Waals surface area contributed by atoms with Gasteiger partial charge in [0.15, 0.2) is 0 Å². The number of fused-ring (bicyclic) bond motifs is 1. The molecule has 0 amide bonds. The van der Waals surface area contributed by atoms with Gasteiger partial charge in [0.25, 0.3) is 0 Å². The molecule has 0 bridgehead atoms. The molecular formula is C7H15N3. The molecule has 3 nitrogen and oxygen atoms in total. The van der Waals surface area contributed by atoms with Crippen LogP contribution in [0.2, 0.25) is 0 Å². The van der Waals surface area contributed by atoms with E-state index in [2.05, 4.69) is 22.7 Å². The third-order valence-corrected chi connectivity index (χ3v) is 2.30. The number of nitrogens with zero attached hydrogens (tertiary/aromatic N) is 1. The number of nitrogens with one attached hydrogen (secondary N) is 2. The topological polar surface area (TPSA) is 27.3 Å². The second-order valence-corrected chi connectivity index (χ2v) is 3.22. The zero-order chi connectivity index (χ0) is 6.97. The molecule has 0 radical (unpaired) electrons. The van der Waals surface area contributed by atoms with Gasteiger partial charge >= 0.3 is 0 Å². The summed E-state index contributed by atoms with van der Waals surface area (Å²) in [4.78, 5) is 0. The summed E-state index contributed by atoms with van der Waals surface area (Å²) in [7, 11) is 0. The van der Waals surface area contributed by atoms with E-state index in [0.29, 0.717) is 12.3 Å². The fraction of sp³-hybridized carbons (Fsp3) is 1.00. The lowest BCUT2D eigenvalue weighted by Gasteiger charge is -2.27. The van der Waals surface area contributed by atoms with E-state index in [9.17, 15) is 0 Å². The first kappa shape index (κ1) is 6.58. The first-order valence-corrected chi connectivity index (χ1v) is 4.15. The average molecular weight is 141 g/mol. The molecule has 0 saturated carbocycles. The summed E-state index contributed by atoms with van der Waals surface area (Å²) in [5.74, 6) is 0. The number of hydrazine groups is 1. The first-order chi connectivity index (χ1) is 4.86. The van der Waals surface area contributed by atoms with Gasteiger partial charge in [0.2, 0.25) is 0 Å². The van der Waals surface area contributed by atoms with Gasteiger partial charge in [-0.1, -0.05) is 0 Å². The molecule has 2 aliphatic rings. The Morgan fingerprint density at radius 2 is 2.30 bits per heavy atom. The molecule has 2 fully saturated rings. The highest BCUT2D eigenvalue weighted by Gasteiger charge is 2.29. The van der Waals surface area contributed by atoms with Gasteiger partial charge in [-0.3, -0.25) is 5.32 Å². The van der Waals surface area contributed by atoms with Crippen molar-refractivity contribution in [3.63, 3.8) is 0 Å². The Morgan fingerprint density at radius 1 is 1.40 bits per heavy atom. The van der Waals surface area contributed by atoms with Crippen LogP contribution in [-0.2, 0) is 0 Å². The molecule has 0 aromatic rings. The fourth-order valence-electron chi connectivity index (χ4n) is 1.83. The minimum Gasteiger partial charge on any atom is -0.285 e. The van der Waals surface area contributed by atoms with Crippen LogP contribution in [0.3, 0.4) is 0 Å². The molecule has 1 unspecified atom stereocenters. The summed E-state index contributed by atoms with van der Waals surface area (Å²) in [6.45, 7) is 3.38. The van der Waals surface area contributed by atoms with E-state index in [-0.39, 0.29) is 0 Å². The van der Waals surface area contributed by atoms with E-state index < -0.39 is 0 Å². The largest absolute Gasteiger partial charge is 0.285 e. The van der Waals surface area contributed by atoms with Crippen molar-refractivity contribution in [3.05, 3.63) is 0 Å².